The highest BCUT2D eigenvalue weighted by molar-refractivity contribution is 5.75. The zero-order valence-electron chi connectivity index (χ0n) is 15.7. The molecule has 1 saturated heterocycles. The maximum Gasteiger partial charge on any atom is 0.317 e. The van der Waals surface area contributed by atoms with E-state index < -0.39 is 5.97 Å². The van der Waals surface area contributed by atoms with E-state index in [1.807, 2.05) is 16.7 Å². The number of carboxylic acids is 1. The molecule has 0 spiro atoms. The number of nitrogens with zero attached hydrogens (tertiary/aromatic N) is 2. The van der Waals surface area contributed by atoms with Crippen molar-refractivity contribution in [2.75, 3.05) is 32.8 Å². The molecular weight excluding hydrogens is 322 g/mol. The van der Waals surface area contributed by atoms with Gasteiger partial charge in [0.25, 0.3) is 0 Å². The van der Waals surface area contributed by atoms with Crippen LogP contribution >= 0.6 is 0 Å². The largest absolute Gasteiger partial charge is 0.480 e. The van der Waals surface area contributed by atoms with Gasteiger partial charge in [0.15, 0.2) is 0 Å². The molecule has 2 N–H and O–H groups in total. The minimum absolute atomic E-state index is 0.0142. The second-order valence-electron chi connectivity index (χ2n) is 7.64. The summed E-state index contributed by atoms with van der Waals surface area (Å²) in [5, 5.41) is 12.0. The van der Waals surface area contributed by atoms with E-state index in [-0.39, 0.29) is 30.8 Å². The maximum absolute atomic E-state index is 12.4. The molecule has 0 bridgehead atoms. The number of aliphatic carboxylic acids is 1. The molecule has 7 heteroatoms. The number of nitrogens with one attached hydrogen (secondary N) is 1. The molecule has 1 atom stereocenters. The lowest BCUT2D eigenvalue weighted by Gasteiger charge is -2.42. The van der Waals surface area contributed by atoms with Gasteiger partial charge in [0.05, 0.1) is 12.6 Å². The first-order valence-corrected chi connectivity index (χ1v) is 9.51. The quantitative estimate of drug-likeness (QED) is 0.659. The van der Waals surface area contributed by atoms with E-state index in [1.54, 1.807) is 0 Å². The Morgan fingerprint density at radius 2 is 2.08 bits per heavy atom. The molecule has 1 aliphatic heterocycles. The molecule has 2 rings (SSSR count). The van der Waals surface area contributed by atoms with Crippen molar-refractivity contribution in [1.29, 1.82) is 0 Å². The van der Waals surface area contributed by atoms with Crippen LogP contribution in [0.2, 0.25) is 0 Å². The van der Waals surface area contributed by atoms with Gasteiger partial charge in [0.2, 0.25) is 0 Å². The standard InChI is InChI=1S/C18H33N3O4/c1-4-20(12-17(22)23)15-9-14(10-15)19-18(24)21-7-5-16(11-21)25-8-6-13(2)3/h13-16H,4-12H2,1-3H3,(H,19,24)(H,22,23). The van der Waals surface area contributed by atoms with Crippen LogP contribution < -0.4 is 5.32 Å². The number of rotatable bonds is 9. The van der Waals surface area contributed by atoms with Crippen LogP contribution in [0.15, 0.2) is 0 Å². The number of hydrogen-bond acceptors (Lipinski definition) is 4. The maximum atomic E-state index is 12.4. The molecule has 0 aromatic heterocycles. The van der Waals surface area contributed by atoms with Gasteiger partial charge in [-0.2, -0.15) is 0 Å². The summed E-state index contributed by atoms with van der Waals surface area (Å²) >= 11 is 0. The Labute approximate surface area is 150 Å². The number of amides is 2. The van der Waals surface area contributed by atoms with Crippen molar-refractivity contribution in [2.24, 2.45) is 5.92 Å². The Kier molecular flexibility index (Phi) is 7.50. The van der Waals surface area contributed by atoms with Crippen molar-refractivity contribution in [3.8, 4) is 0 Å². The summed E-state index contributed by atoms with van der Waals surface area (Å²) in [5.41, 5.74) is 0. The monoisotopic (exact) mass is 355 g/mol. The van der Waals surface area contributed by atoms with Gasteiger partial charge >= 0.3 is 12.0 Å². The molecule has 2 amide bonds. The van der Waals surface area contributed by atoms with E-state index in [9.17, 15) is 9.59 Å². The van der Waals surface area contributed by atoms with E-state index in [2.05, 4.69) is 19.2 Å². The van der Waals surface area contributed by atoms with E-state index in [0.29, 0.717) is 12.5 Å². The number of urea groups is 1. The Morgan fingerprint density at radius 3 is 2.68 bits per heavy atom. The number of ether oxygens (including phenoxy) is 1. The lowest BCUT2D eigenvalue weighted by Crippen LogP contribution is -2.56. The minimum Gasteiger partial charge on any atom is -0.480 e. The van der Waals surface area contributed by atoms with Gasteiger partial charge in [-0.1, -0.05) is 20.8 Å². The second kappa shape index (κ2) is 9.38. The van der Waals surface area contributed by atoms with Crippen molar-refractivity contribution >= 4 is 12.0 Å². The Bertz CT molecular complexity index is 452. The summed E-state index contributed by atoms with van der Waals surface area (Å²) in [7, 11) is 0. The van der Waals surface area contributed by atoms with Crippen molar-refractivity contribution < 1.29 is 19.4 Å². The van der Waals surface area contributed by atoms with Crippen LogP contribution in [0.25, 0.3) is 0 Å². The van der Waals surface area contributed by atoms with Crippen LogP contribution in [-0.2, 0) is 9.53 Å². The predicted octanol–water partition coefficient (Wildman–Crippen LogP) is 1.77. The van der Waals surface area contributed by atoms with Gasteiger partial charge in [0, 0.05) is 31.8 Å². The van der Waals surface area contributed by atoms with Gasteiger partial charge in [-0.15, -0.1) is 0 Å². The lowest BCUT2D eigenvalue weighted by atomic mass is 9.85. The van der Waals surface area contributed by atoms with Gasteiger partial charge in [-0.25, -0.2) is 4.79 Å². The van der Waals surface area contributed by atoms with Crippen molar-refractivity contribution in [1.82, 2.24) is 15.1 Å². The summed E-state index contributed by atoms with van der Waals surface area (Å²) in [6.07, 6.45) is 3.77. The molecule has 2 fully saturated rings. The highest BCUT2D eigenvalue weighted by Gasteiger charge is 2.36. The molecule has 1 aliphatic carbocycles. The first kappa shape index (κ1) is 20.0. The fourth-order valence-electron chi connectivity index (χ4n) is 3.46. The lowest BCUT2D eigenvalue weighted by molar-refractivity contribution is -0.139. The molecular formula is C18H33N3O4. The first-order chi connectivity index (χ1) is 11.9. The van der Waals surface area contributed by atoms with E-state index in [0.717, 1.165) is 45.4 Å². The molecule has 0 radical (unpaired) electrons. The molecule has 144 valence electrons. The van der Waals surface area contributed by atoms with Crippen LogP contribution in [0.1, 0.15) is 46.5 Å². The molecule has 7 nitrogen and oxygen atoms in total. The zero-order chi connectivity index (χ0) is 18.4. The van der Waals surface area contributed by atoms with Gasteiger partial charge < -0.3 is 20.1 Å². The summed E-state index contributed by atoms with van der Waals surface area (Å²) < 4.78 is 5.86. The van der Waals surface area contributed by atoms with Crippen LogP contribution in [0.3, 0.4) is 0 Å². The third kappa shape index (κ3) is 6.15. The van der Waals surface area contributed by atoms with E-state index in [4.69, 9.17) is 9.84 Å². The van der Waals surface area contributed by atoms with Crippen LogP contribution in [0.5, 0.6) is 0 Å². The fourth-order valence-corrected chi connectivity index (χ4v) is 3.46. The smallest absolute Gasteiger partial charge is 0.317 e. The van der Waals surface area contributed by atoms with Gasteiger partial charge in [-0.3, -0.25) is 9.69 Å². The van der Waals surface area contributed by atoms with Crippen molar-refractivity contribution in [3.05, 3.63) is 0 Å². The number of hydrogen-bond donors (Lipinski definition) is 2. The highest BCUT2D eigenvalue weighted by atomic mass is 16.5. The summed E-state index contributed by atoms with van der Waals surface area (Å²) in [5.74, 6) is -0.161. The minimum atomic E-state index is -0.796. The average molecular weight is 355 g/mol. The Morgan fingerprint density at radius 1 is 1.36 bits per heavy atom. The summed E-state index contributed by atoms with van der Waals surface area (Å²) in [6, 6.07) is 0.401. The van der Waals surface area contributed by atoms with E-state index >= 15 is 0 Å². The number of likely N-dealkylation sites (tertiary alicyclic amines) is 1. The third-order valence-electron chi connectivity index (χ3n) is 5.18. The number of carbonyl (C=O) groups is 2. The second-order valence-corrected chi connectivity index (χ2v) is 7.64. The molecule has 2 aliphatic rings. The molecule has 1 heterocycles. The van der Waals surface area contributed by atoms with Crippen molar-refractivity contribution in [3.63, 3.8) is 0 Å². The van der Waals surface area contributed by atoms with Gasteiger partial charge in [-0.05, 0) is 38.1 Å². The number of carboxylic acid groups (broad SMARTS) is 1. The highest BCUT2D eigenvalue weighted by Crippen LogP contribution is 2.26. The van der Waals surface area contributed by atoms with Crippen molar-refractivity contribution in [2.45, 2.75) is 64.6 Å². The first-order valence-electron chi connectivity index (χ1n) is 9.51. The molecule has 1 unspecified atom stereocenters. The topological polar surface area (TPSA) is 82.1 Å². The van der Waals surface area contributed by atoms with Crippen LogP contribution in [0.4, 0.5) is 4.79 Å². The normalized spacial score (nSPS) is 26.1. The van der Waals surface area contributed by atoms with Gasteiger partial charge in [0.1, 0.15) is 0 Å². The Balaban J connectivity index is 1.64. The number of likely N-dealkylation sites (N-methyl/N-ethyl adjacent to an activating group) is 1. The third-order valence-corrected chi connectivity index (χ3v) is 5.18. The van der Waals surface area contributed by atoms with Crippen LogP contribution in [-0.4, -0.2) is 77.9 Å². The molecule has 0 aromatic carbocycles. The molecule has 0 aromatic rings. The fraction of sp³-hybridized carbons (Fsp3) is 0.889. The number of carbonyl (C=O) groups excluding carboxylic acids is 1. The van der Waals surface area contributed by atoms with Crippen LogP contribution in [0, 0.1) is 5.92 Å². The average Bonchev–Trinajstić information content (AvgIpc) is 2.96. The van der Waals surface area contributed by atoms with E-state index in [1.165, 1.54) is 0 Å². The summed E-state index contributed by atoms with van der Waals surface area (Å²) in [6.45, 7) is 9.30. The molecule has 25 heavy (non-hydrogen) atoms. The Hall–Kier alpha value is -1.34. The zero-order valence-corrected chi connectivity index (χ0v) is 15.7. The summed E-state index contributed by atoms with van der Waals surface area (Å²) in [4.78, 5) is 27.0. The predicted molar refractivity (Wildman–Crippen MR) is 95.6 cm³/mol. The SMILES string of the molecule is CCN(CC(=O)O)C1CC(NC(=O)N2CCC(OCCC(C)C)C2)C1. The molecule has 1 saturated carbocycles.